The average Bonchev–Trinajstić information content (AvgIpc) is 2.40. The maximum Gasteiger partial charge on any atom is 0.0283 e. The standard InChI is InChI=1S/C14H10Br4/c15-7-9-1-3-13(17)11(5-9)12-6-10(8-16)2-4-14(12)18/h1-6H,7-8H2. The van der Waals surface area contributed by atoms with Crippen molar-refractivity contribution in [1.82, 2.24) is 0 Å². The Labute approximate surface area is 141 Å². The summed E-state index contributed by atoms with van der Waals surface area (Å²) in [6, 6.07) is 12.8. The van der Waals surface area contributed by atoms with E-state index in [0.717, 1.165) is 19.6 Å². The maximum absolute atomic E-state index is 3.63. The second kappa shape index (κ2) is 6.69. The molecule has 0 unspecified atom stereocenters. The highest BCUT2D eigenvalue weighted by Gasteiger charge is 2.09. The van der Waals surface area contributed by atoms with E-state index < -0.39 is 0 Å². The molecule has 0 atom stereocenters. The van der Waals surface area contributed by atoms with Gasteiger partial charge in [-0.25, -0.2) is 0 Å². The van der Waals surface area contributed by atoms with Crippen LogP contribution in [0.25, 0.3) is 11.1 Å². The smallest absolute Gasteiger partial charge is 0.0283 e. The van der Waals surface area contributed by atoms with Gasteiger partial charge in [0.1, 0.15) is 0 Å². The molecule has 0 bridgehead atoms. The summed E-state index contributed by atoms with van der Waals surface area (Å²) in [6.07, 6.45) is 0. The second-order valence-electron chi connectivity index (χ2n) is 3.90. The van der Waals surface area contributed by atoms with Crippen LogP contribution in [0.5, 0.6) is 0 Å². The van der Waals surface area contributed by atoms with Gasteiger partial charge < -0.3 is 0 Å². The predicted octanol–water partition coefficient (Wildman–Crippen LogP) is 6.67. The molecule has 0 heterocycles. The van der Waals surface area contributed by atoms with Crippen molar-refractivity contribution < 1.29 is 0 Å². The fourth-order valence-electron chi connectivity index (χ4n) is 1.72. The largest absolute Gasteiger partial charge is 0.0876 e. The molecule has 4 heteroatoms. The zero-order valence-corrected chi connectivity index (χ0v) is 15.7. The molecule has 0 amide bonds. The van der Waals surface area contributed by atoms with Crippen LogP contribution in [0.15, 0.2) is 45.3 Å². The van der Waals surface area contributed by atoms with Crippen molar-refractivity contribution in [3.63, 3.8) is 0 Å². The molecule has 0 N–H and O–H groups in total. The van der Waals surface area contributed by atoms with Crippen LogP contribution >= 0.6 is 63.7 Å². The number of benzene rings is 2. The fraction of sp³-hybridized carbons (Fsp3) is 0.143. The molecule has 2 rings (SSSR count). The molecule has 18 heavy (non-hydrogen) atoms. The summed E-state index contributed by atoms with van der Waals surface area (Å²) in [5, 5.41) is 1.73. The Hall–Kier alpha value is 0.360. The van der Waals surface area contributed by atoms with Crippen LogP contribution in [-0.4, -0.2) is 0 Å². The van der Waals surface area contributed by atoms with Crippen LogP contribution in [0, 0.1) is 0 Å². The summed E-state index contributed by atoms with van der Waals surface area (Å²) in [7, 11) is 0. The van der Waals surface area contributed by atoms with Gasteiger partial charge in [0.05, 0.1) is 0 Å². The van der Waals surface area contributed by atoms with Gasteiger partial charge in [-0.1, -0.05) is 75.9 Å². The summed E-state index contributed by atoms with van der Waals surface area (Å²) >= 11 is 14.3. The van der Waals surface area contributed by atoms with E-state index in [0.29, 0.717) is 0 Å². The first-order chi connectivity index (χ1) is 8.65. The highest BCUT2D eigenvalue weighted by atomic mass is 79.9. The minimum Gasteiger partial charge on any atom is -0.0876 e. The SMILES string of the molecule is BrCc1ccc(Br)c(-c2cc(CBr)ccc2Br)c1. The Kier molecular flexibility index (Phi) is 5.48. The zero-order valence-electron chi connectivity index (χ0n) is 9.39. The van der Waals surface area contributed by atoms with Gasteiger partial charge in [-0.2, -0.15) is 0 Å². The van der Waals surface area contributed by atoms with Gasteiger partial charge in [0.15, 0.2) is 0 Å². The summed E-state index contributed by atoms with van der Waals surface area (Å²) in [5.41, 5.74) is 4.96. The first-order valence-corrected chi connectivity index (χ1v) is 9.17. The van der Waals surface area contributed by atoms with E-state index in [9.17, 15) is 0 Å². The predicted molar refractivity (Wildman–Crippen MR) is 92.5 cm³/mol. The van der Waals surface area contributed by atoms with Crippen molar-refractivity contribution in [2.45, 2.75) is 10.7 Å². The molecule has 0 spiro atoms. The lowest BCUT2D eigenvalue weighted by atomic mass is 10.0. The lowest BCUT2D eigenvalue weighted by Crippen LogP contribution is -1.87. The third-order valence-corrected chi connectivity index (χ3v) is 5.34. The van der Waals surface area contributed by atoms with Crippen molar-refractivity contribution in [3.05, 3.63) is 56.5 Å². The monoisotopic (exact) mass is 494 g/mol. The molecule has 0 aliphatic carbocycles. The molecule has 0 fully saturated rings. The Morgan fingerprint density at radius 2 is 1.06 bits per heavy atom. The molecule has 0 saturated heterocycles. The van der Waals surface area contributed by atoms with E-state index in [2.05, 4.69) is 100 Å². The van der Waals surface area contributed by atoms with Crippen molar-refractivity contribution in [3.8, 4) is 11.1 Å². The van der Waals surface area contributed by atoms with E-state index >= 15 is 0 Å². The van der Waals surface area contributed by atoms with Gasteiger partial charge in [-0.3, -0.25) is 0 Å². The molecular weight excluding hydrogens is 488 g/mol. The molecule has 0 nitrogen and oxygen atoms in total. The number of rotatable bonds is 3. The molecule has 0 aliphatic heterocycles. The van der Waals surface area contributed by atoms with Crippen LogP contribution in [0.3, 0.4) is 0 Å². The van der Waals surface area contributed by atoms with Gasteiger partial charge >= 0.3 is 0 Å². The summed E-state index contributed by atoms with van der Waals surface area (Å²) in [6.45, 7) is 0. The van der Waals surface area contributed by atoms with Crippen molar-refractivity contribution in [2.75, 3.05) is 0 Å². The first-order valence-electron chi connectivity index (χ1n) is 5.35. The minimum atomic E-state index is 0.864. The van der Waals surface area contributed by atoms with E-state index in [1.807, 2.05) is 0 Å². The zero-order chi connectivity index (χ0) is 13.1. The number of alkyl halides is 2. The fourth-order valence-corrected chi connectivity index (χ4v) is 3.34. The summed E-state index contributed by atoms with van der Waals surface area (Å²) in [4.78, 5) is 0. The molecule has 0 aromatic heterocycles. The van der Waals surface area contributed by atoms with Gasteiger partial charge in [0.25, 0.3) is 0 Å². The van der Waals surface area contributed by atoms with Crippen LogP contribution in [0.1, 0.15) is 11.1 Å². The van der Waals surface area contributed by atoms with E-state index in [1.165, 1.54) is 22.3 Å². The Morgan fingerprint density at radius 1 is 0.667 bits per heavy atom. The highest BCUT2D eigenvalue weighted by Crippen LogP contribution is 2.35. The second-order valence-corrected chi connectivity index (χ2v) is 6.73. The Balaban J connectivity index is 2.60. The van der Waals surface area contributed by atoms with Gasteiger partial charge in [0, 0.05) is 19.6 Å². The topological polar surface area (TPSA) is 0 Å². The number of halogens is 4. The third-order valence-electron chi connectivity index (χ3n) is 2.66. The molecular formula is C14H10Br4. The molecule has 0 aliphatic rings. The Morgan fingerprint density at radius 3 is 1.39 bits per heavy atom. The quantitative estimate of drug-likeness (QED) is 0.416. The third kappa shape index (κ3) is 3.27. The van der Waals surface area contributed by atoms with Crippen LogP contribution in [0.4, 0.5) is 0 Å². The molecule has 2 aromatic carbocycles. The van der Waals surface area contributed by atoms with Crippen molar-refractivity contribution in [2.24, 2.45) is 0 Å². The van der Waals surface area contributed by atoms with Crippen molar-refractivity contribution in [1.29, 1.82) is 0 Å². The molecule has 94 valence electrons. The lowest BCUT2D eigenvalue weighted by Gasteiger charge is -2.10. The van der Waals surface area contributed by atoms with Crippen LogP contribution < -0.4 is 0 Å². The average molecular weight is 498 g/mol. The van der Waals surface area contributed by atoms with E-state index in [-0.39, 0.29) is 0 Å². The normalized spacial score (nSPS) is 10.7. The summed E-state index contributed by atoms with van der Waals surface area (Å²) in [5.74, 6) is 0. The first kappa shape index (κ1) is 14.8. The summed E-state index contributed by atoms with van der Waals surface area (Å²) < 4.78 is 2.22. The van der Waals surface area contributed by atoms with Gasteiger partial charge in [-0.05, 0) is 46.5 Å². The minimum absolute atomic E-state index is 0.864. The van der Waals surface area contributed by atoms with E-state index in [1.54, 1.807) is 0 Å². The molecule has 0 radical (unpaired) electrons. The maximum atomic E-state index is 3.63. The van der Waals surface area contributed by atoms with Crippen LogP contribution in [-0.2, 0) is 10.7 Å². The van der Waals surface area contributed by atoms with Gasteiger partial charge in [0.2, 0.25) is 0 Å². The lowest BCUT2D eigenvalue weighted by molar-refractivity contribution is 1.39. The van der Waals surface area contributed by atoms with Gasteiger partial charge in [-0.15, -0.1) is 0 Å². The highest BCUT2D eigenvalue weighted by molar-refractivity contribution is 9.11. The number of hydrogen-bond acceptors (Lipinski definition) is 0. The van der Waals surface area contributed by atoms with Crippen molar-refractivity contribution >= 4 is 63.7 Å². The Bertz CT molecular complexity index is 512. The number of hydrogen-bond donors (Lipinski definition) is 0. The van der Waals surface area contributed by atoms with Crippen LogP contribution in [0.2, 0.25) is 0 Å². The molecule has 2 aromatic rings. The molecule has 0 saturated carbocycles. The van der Waals surface area contributed by atoms with E-state index in [4.69, 9.17) is 0 Å².